The molecule has 0 radical (unpaired) electrons. The fourth-order valence-corrected chi connectivity index (χ4v) is 1.09. The fourth-order valence-electron chi connectivity index (χ4n) is 1.09. The van der Waals surface area contributed by atoms with E-state index < -0.39 is 0 Å². The van der Waals surface area contributed by atoms with Crippen LogP contribution in [0.15, 0.2) is 0 Å². The van der Waals surface area contributed by atoms with Crippen LogP contribution in [-0.4, -0.2) is 6.04 Å². The van der Waals surface area contributed by atoms with Crippen molar-refractivity contribution in [3.05, 3.63) is 0 Å². The van der Waals surface area contributed by atoms with Crippen LogP contribution < -0.4 is 5.73 Å². The Bertz CT molecular complexity index is 74.7. The second kappa shape index (κ2) is 3.97. The lowest BCUT2D eigenvalue weighted by Gasteiger charge is -2.26. The summed E-state index contributed by atoms with van der Waals surface area (Å²) in [5, 5.41) is 0. The third-order valence-corrected chi connectivity index (χ3v) is 2.71. The summed E-state index contributed by atoms with van der Waals surface area (Å²) in [5.41, 5.74) is 5.77. The second-order valence-corrected chi connectivity index (χ2v) is 3.82. The minimum atomic E-state index is 0.331. The van der Waals surface area contributed by atoms with Gasteiger partial charge in [-0.2, -0.15) is 0 Å². The van der Waals surface area contributed by atoms with Gasteiger partial charge in [-0.15, -0.1) is 0 Å². The van der Waals surface area contributed by atoms with Gasteiger partial charge >= 0.3 is 0 Å². The van der Waals surface area contributed by atoms with Gasteiger partial charge in [-0.1, -0.05) is 27.7 Å². The van der Waals surface area contributed by atoms with E-state index in [1.54, 1.807) is 0 Å². The molecule has 0 aromatic heterocycles. The summed E-state index contributed by atoms with van der Waals surface area (Å²) in [6, 6.07) is 0.331. The number of nitrogens with two attached hydrogens (primary N) is 1. The van der Waals surface area contributed by atoms with Crippen LogP contribution in [0, 0.1) is 17.8 Å². The maximum atomic E-state index is 5.77. The first-order valence-corrected chi connectivity index (χ1v) is 4.22. The molecule has 0 aromatic carbocycles. The molecule has 0 saturated carbocycles. The van der Waals surface area contributed by atoms with Crippen LogP contribution in [0.4, 0.5) is 0 Å². The Morgan fingerprint density at radius 3 is 1.30 bits per heavy atom. The van der Waals surface area contributed by atoms with E-state index in [2.05, 4.69) is 34.6 Å². The van der Waals surface area contributed by atoms with Crippen LogP contribution in [0.3, 0.4) is 0 Å². The van der Waals surface area contributed by atoms with Crippen molar-refractivity contribution in [2.45, 2.75) is 40.7 Å². The molecule has 0 aliphatic heterocycles. The average Bonchev–Trinajstić information content (AvgIpc) is 1.84. The lowest BCUT2D eigenvalue weighted by molar-refractivity contribution is 0.265. The van der Waals surface area contributed by atoms with Gasteiger partial charge in [0.1, 0.15) is 0 Å². The van der Waals surface area contributed by atoms with E-state index in [4.69, 9.17) is 5.73 Å². The molecule has 10 heavy (non-hydrogen) atoms. The highest BCUT2D eigenvalue weighted by Crippen LogP contribution is 2.21. The Morgan fingerprint density at radius 2 is 1.20 bits per heavy atom. The highest BCUT2D eigenvalue weighted by molar-refractivity contribution is 4.71. The van der Waals surface area contributed by atoms with Crippen molar-refractivity contribution in [1.29, 1.82) is 0 Å². The van der Waals surface area contributed by atoms with Crippen LogP contribution in [-0.2, 0) is 0 Å². The van der Waals surface area contributed by atoms with Gasteiger partial charge < -0.3 is 5.73 Å². The molecule has 0 fully saturated rings. The summed E-state index contributed by atoms with van der Waals surface area (Å²) in [6.45, 7) is 11.1. The molecule has 0 saturated heterocycles. The highest BCUT2D eigenvalue weighted by Gasteiger charge is 2.18. The first-order chi connectivity index (χ1) is 4.46. The lowest BCUT2D eigenvalue weighted by Crippen LogP contribution is -2.31. The zero-order valence-corrected chi connectivity index (χ0v) is 7.89. The van der Waals surface area contributed by atoms with Crippen LogP contribution in [0.1, 0.15) is 34.6 Å². The lowest BCUT2D eigenvalue weighted by atomic mass is 9.83. The van der Waals surface area contributed by atoms with Crippen molar-refractivity contribution in [2.24, 2.45) is 23.5 Å². The molecule has 0 aromatic rings. The molecule has 0 bridgehead atoms. The van der Waals surface area contributed by atoms with Gasteiger partial charge in [-0.3, -0.25) is 0 Å². The monoisotopic (exact) mass is 143 g/mol. The molecule has 0 aliphatic carbocycles. The zero-order valence-electron chi connectivity index (χ0n) is 7.89. The molecule has 0 spiro atoms. The SMILES string of the molecule is CC(N)C(C)[C@H](C)C(C)C. The first-order valence-electron chi connectivity index (χ1n) is 4.22. The van der Waals surface area contributed by atoms with Crippen LogP contribution in [0.5, 0.6) is 0 Å². The van der Waals surface area contributed by atoms with Gasteiger partial charge in [0.05, 0.1) is 0 Å². The van der Waals surface area contributed by atoms with E-state index in [1.807, 2.05) is 0 Å². The molecular formula is C9H21N. The smallest absolute Gasteiger partial charge is 0.00387 e. The quantitative estimate of drug-likeness (QED) is 0.644. The second-order valence-electron chi connectivity index (χ2n) is 3.82. The van der Waals surface area contributed by atoms with Gasteiger partial charge in [0.2, 0.25) is 0 Å². The third kappa shape index (κ3) is 2.70. The normalized spacial score (nSPS) is 20.7. The third-order valence-electron chi connectivity index (χ3n) is 2.71. The predicted molar refractivity (Wildman–Crippen MR) is 46.8 cm³/mol. The molecule has 2 unspecified atom stereocenters. The summed E-state index contributed by atoms with van der Waals surface area (Å²) in [6.07, 6.45) is 0. The van der Waals surface area contributed by atoms with Crippen molar-refractivity contribution in [3.8, 4) is 0 Å². The Hall–Kier alpha value is -0.0400. The summed E-state index contributed by atoms with van der Waals surface area (Å²) in [4.78, 5) is 0. The van der Waals surface area contributed by atoms with E-state index in [1.165, 1.54) is 0 Å². The van der Waals surface area contributed by atoms with E-state index in [0.29, 0.717) is 12.0 Å². The standard InChI is InChI=1S/C9H21N/c1-6(2)7(3)8(4)9(5)10/h6-9H,10H2,1-5H3/t7-,8?,9?/m1/s1. The van der Waals surface area contributed by atoms with Crippen LogP contribution >= 0.6 is 0 Å². The Morgan fingerprint density at radius 1 is 0.800 bits per heavy atom. The van der Waals surface area contributed by atoms with Crippen LogP contribution in [0.25, 0.3) is 0 Å². The minimum Gasteiger partial charge on any atom is -0.328 e. The maximum Gasteiger partial charge on any atom is 0.00387 e. The van der Waals surface area contributed by atoms with Gasteiger partial charge in [0.15, 0.2) is 0 Å². The molecule has 0 aliphatic rings. The molecule has 62 valence electrons. The first kappa shape index (κ1) is 9.96. The Labute approximate surface area is 65.0 Å². The predicted octanol–water partition coefficient (Wildman–Crippen LogP) is 2.26. The van der Waals surface area contributed by atoms with E-state index >= 15 is 0 Å². The van der Waals surface area contributed by atoms with Crippen LogP contribution in [0.2, 0.25) is 0 Å². The maximum absolute atomic E-state index is 5.77. The zero-order chi connectivity index (χ0) is 8.31. The number of hydrogen-bond acceptors (Lipinski definition) is 1. The number of hydrogen-bond donors (Lipinski definition) is 1. The average molecular weight is 143 g/mol. The summed E-state index contributed by atoms with van der Waals surface area (Å²) in [7, 11) is 0. The summed E-state index contributed by atoms with van der Waals surface area (Å²) in [5.74, 6) is 2.13. The van der Waals surface area contributed by atoms with Gasteiger partial charge in [-0.05, 0) is 24.7 Å². The topological polar surface area (TPSA) is 26.0 Å². The van der Waals surface area contributed by atoms with Crippen molar-refractivity contribution >= 4 is 0 Å². The molecule has 1 heteroatoms. The molecule has 2 N–H and O–H groups in total. The van der Waals surface area contributed by atoms with Gasteiger partial charge in [0.25, 0.3) is 0 Å². The molecule has 0 heterocycles. The van der Waals surface area contributed by atoms with Gasteiger partial charge in [0, 0.05) is 6.04 Å². The van der Waals surface area contributed by atoms with E-state index in [-0.39, 0.29) is 0 Å². The summed E-state index contributed by atoms with van der Waals surface area (Å²) >= 11 is 0. The molecule has 1 nitrogen and oxygen atoms in total. The number of rotatable bonds is 3. The minimum absolute atomic E-state index is 0.331. The van der Waals surface area contributed by atoms with E-state index in [9.17, 15) is 0 Å². The van der Waals surface area contributed by atoms with Crippen molar-refractivity contribution in [2.75, 3.05) is 0 Å². The van der Waals surface area contributed by atoms with Crippen molar-refractivity contribution in [3.63, 3.8) is 0 Å². The van der Waals surface area contributed by atoms with Gasteiger partial charge in [-0.25, -0.2) is 0 Å². The Kier molecular flexibility index (Phi) is 3.95. The van der Waals surface area contributed by atoms with Crippen molar-refractivity contribution in [1.82, 2.24) is 0 Å². The largest absolute Gasteiger partial charge is 0.328 e. The Balaban J connectivity index is 3.81. The molecular weight excluding hydrogens is 122 g/mol. The van der Waals surface area contributed by atoms with E-state index in [0.717, 1.165) is 11.8 Å². The highest BCUT2D eigenvalue weighted by atomic mass is 14.6. The summed E-state index contributed by atoms with van der Waals surface area (Å²) < 4.78 is 0. The van der Waals surface area contributed by atoms with Crippen molar-refractivity contribution < 1.29 is 0 Å². The molecule has 0 amide bonds. The molecule has 3 atom stereocenters. The molecule has 0 rings (SSSR count). The fraction of sp³-hybridized carbons (Fsp3) is 1.00.